The number of alkyl halides is 3. The van der Waals surface area contributed by atoms with Crippen LogP contribution >= 0.6 is 11.6 Å². The van der Waals surface area contributed by atoms with Crippen molar-refractivity contribution >= 4 is 35.4 Å². The van der Waals surface area contributed by atoms with Crippen LogP contribution in [0.3, 0.4) is 0 Å². The summed E-state index contributed by atoms with van der Waals surface area (Å²) in [6.45, 7) is 8.26. The Morgan fingerprint density at radius 1 is 1.12 bits per heavy atom. The van der Waals surface area contributed by atoms with E-state index in [1.54, 1.807) is 33.8 Å². The Morgan fingerprint density at radius 2 is 1.80 bits per heavy atom. The Morgan fingerprint density at radius 3 is 2.37 bits per heavy atom. The molecule has 2 aliphatic rings. The molecule has 17 heteroatoms. The first-order valence-electron chi connectivity index (χ1n) is 16.5. The minimum atomic E-state index is -4.87. The van der Waals surface area contributed by atoms with Crippen molar-refractivity contribution in [2.24, 2.45) is 5.41 Å². The van der Waals surface area contributed by atoms with E-state index in [1.807, 2.05) is 23.9 Å². The van der Waals surface area contributed by atoms with E-state index in [9.17, 15) is 27.9 Å². The lowest BCUT2D eigenvalue weighted by Gasteiger charge is -2.40. The molecular weight excluding hydrogens is 693 g/mol. The van der Waals surface area contributed by atoms with E-state index in [4.69, 9.17) is 26.8 Å². The van der Waals surface area contributed by atoms with Crippen molar-refractivity contribution in [2.45, 2.75) is 76.8 Å². The fourth-order valence-electron chi connectivity index (χ4n) is 6.86. The summed E-state index contributed by atoms with van der Waals surface area (Å²) >= 11 is 6.17. The van der Waals surface area contributed by atoms with Crippen LogP contribution in [0, 0.1) is 12.3 Å². The van der Waals surface area contributed by atoms with Gasteiger partial charge in [0.1, 0.15) is 17.0 Å². The van der Waals surface area contributed by atoms with Gasteiger partial charge >= 0.3 is 18.2 Å². The summed E-state index contributed by atoms with van der Waals surface area (Å²) < 4.78 is 56.5. The number of rotatable bonds is 9. The van der Waals surface area contributed by atoms with E-state index in [0.29, 0.717) is 38.2 Å². The number of nitrogen functional groups attached to an aromatic ring is 1. The topological polar surface area (TPSA) is 152 Å². The van der Waals surface area contributed by atoms with Gasteiger partial charge in [-0.3, -0.25) is 4.90 Å². The van der Waals surface area contributed by atoms with E-state index >= 15 is 0 Å². The first-order chi connectivity index (χ1) is 23.7. The van der Waals surface area contributed by atoms with Crippen LogP contribution in [0.1, 0.15) is 63.8 Å². The quantitative estimate of drug-likeness (QED) is 0.271. The zero-order valence-corrected chi connectivity index (χ0v) is 30.3. The molecule has 2 saturated heterocycles. The number of likely N-dealkylation sites (tertiary alicyclic amines) is 1. The van der Waals surface area contributed by atoms with Gasteiger partial charge in [-0.25, -0.2) is 14.3 Å². The molecule has 0 radical (unpaired) electrons. The van der Waals surface area contributed by atoms with Gasteiger partial charge in [0.05, 0.1) is 11.4 Å². The van der Waals surface area contributed by atoms with Crippen molar-refractivity contribution in [3.05, 3.63) is 52.8 Å². The maximum Gasteiger partial charge on any atom is 0.429 e. The lowest BCUT2D eigenvalue weighted by molar-refractivity contribution is -0.198. The number of nitrogens with zero attached hydrogens (tertiary/aromatic N) is 7. The number of halogens is 4. The van der Waals surface area contributed by atoms with Crippen LogP contribution in [0.15, 0.2) is 36.5 Å². The second-order valence-corrected chi connectivity index (χ2v) is 15.1. The number of carboxylic acid groups (broad SMARTS) is 1. The predicted octanol–water partition coefficient (Wildman–Crippen LogP) is 5.89. The number of hydrogen-bond acceptors (Lipinski definition) is 10. The summed E-state index contributed by atoms with van der Waals surface area (Å²) in [5.74, 6) is -1.51. The fraction of sp³-hybridized carbons (Fsp3) is 0.559. The molecule has 3 N–H and O–H groups in total. The molecule has 5 rings (SSSR count). The number of carbonyl (C=O) groups excluding carboxylic acids is 1. The van der Waals surface area contributed by atoms with Crippen LogP contribution in [0.2, 0.25) is 5.02 Å². The van der Waals surface area contributed by atoms with Crippen molar-refractivity contribution in [3.8, 4) is 11.6 Å². The third kappa shape index (κ3) is 8.43. The summed E-state index contributed by atoms with van der Waals surface area (Å²) in [5.41, 5.74) is 3.60. The van der Waals surface area contributed by atoms with Gasteiger partial charge in [-0.1, -0.05) is 17.7 Å². The largest absolute Gasteiger partial charge is 0.479 e. The number of anilines is 2. The molecule has 278 valence electrons. The van der Waals surface area contributed by atoms with Crippen molar-refractivity contribution in [1.82, 2.24) is 29.5 Å². The first-order valence-corrected chi connectivity index (χ1v) is 16.9. The number of piperidine rings is 1. The van der Waals surface area contributed by atoms with Crippen LogP contribution in [0.25, 0.3) is 5.69 Å². The average Bonchev–Trinajstić information content (AvgIpc) is 3.60. The molecule has 3 aromatic rings. The first kappa shape index (κ1) is 37.9. The smallest absolute Gasteiger partial charge is 0.429 e. The van der Waals surface area contributed by atoms with Crippen LogP contribution in [-0.4, -0.2) is 104 Å². The number of amides is 1. The van der Waals surface area contributed by atoms with E-state index in [-0.39, 0.29) is 53.3 Å². The summed E-state index contributed by atoms with van der Waals surface area (Å²) in [4.78, 5) is 39.8. The normalized spacial score (nSPS) is 19.8. The number of aromatic nitrogens is 4. The summed E-state index contributed by atoms with van der Waals surface area (Å²) in [7, 11) is 3.68. The molecule has 2 aromatic heterocycles. The average molecular weight is 737 g/mol. The molecule has 51 heavy (non-hydrogen) atoms. The number of carbonyl (C=O) groups is 2. The number of hydrogen-bond donors (Lipinski definition) is 2. The standard InChI is InChI=1S/C34H44ClF3N8O5/c1-21-9-13-46(42-21)24-17-22(35)7-8-23(24)27(34(36,37)38)50-26-18-25(40-29(39)41-26)44-15-10-32(11-16-44)19-33(28(47)48,12-14-43(5)6)45(20-32)30(49)51-31(2,3)4/h7-9,13,17-18,27H,10-12,14-16,19-20H2,1-6H3,(H,47,48)(H2,39,40,41)/t27-,33?/m1/s1. The molecule has 1 unspecified atom stereocenters. The highest BCUT2D eigenvalue weighted by Gasteiger charge is 2.60. The monoisotopic (exact) mass is 736 g/mol. The zero-order chi connectivity index (χ0) is 37.5. The highest BCUT2D eigenvalue weighted by molar-refractivity contribution is 6.30. The van der Waals surface area contributed by atoms with Crippen LogP contribution in [0.5, 0.6) is 5.88 Å². The van der Waals surface area contributed by atoms with Crippen LogP contribution in [0.4, 0.5) is 29.7 Å². The molecular formula is C34H44ClF3N8O5. The lowest BCUT2D eigenvalue weighted by Crippen LogP contribution is -2.55. The minimum absolute atomic E-state index is 0.0847. The fourth-order valence-corrected chi connectivity index (χ4v) is 7.02. The van der Waals surface area contributed by atoms with E-state index in [2.05, 4.69) is 15.1 Å². The number of ether oxygens (including phenoxy) is 2. The summed E-state index contributed by atoms with van der Waals surface area (Å²) in [6.07, 6.45) is -5.08. The Hall–Kier alpha value is -4.31. The number of carboxylic acids is 1. The van der Waals surface area contributed by atoms with Gasteiger partial charge in [0, 0.05) is 49.0 Å². The molecule has 1 spiro atoms. The van der Waals surface area contributed by atoms with Gasteiger partial charge in [-0.05, 0) is 91.1 Å². The molecule has 1 aromatic carbocycles. The Labute approximate surface area is 299 Å². The van der Waals surface area contributed by atoms with Gasteiger partial charge in [-0.2, -0.15) is 28.2 Å². The minimum Gasteiger partial charge on any atom is -0.479 e. The van der Waals surface area contributed by atoms with E-state index in [1.165, 1.54) is 40.0 Å². The van der Waals surface area contributed by atoms with Crippen LogP contribution in [-0.2, 0) is 9.53 Å². The molecule has 0 saturated carbocycles. The molecule has 1 amide bonds. The van der Waals surface area contributed by atoms with Gasteiger partial charge in [0.25, 0.3) is 0 Å². The second kappa shape index (κ2) is 14.0. The molecule has 2 atom stereocenters. The highest BCUT2D eigenvalue weighted by Crippen LogP contribution is 2.51. The van der Waals surface area contributed by atoms with Crippen molar-refractivity contribution in [3.63, 3.8) is 0 Å². The lowest BCUT2D eigenvalue weighted by atomic mass is 9.73. The zero-order valence-electron chi connectivity index (χ0n) is 29.5. The molecule has 4 heterocycles. The SMILES string of the molecule is Cc1ccn(-c2cc(Cl)ccc2[C@@H](Oc2cc(N3CCC4(CC3)CN(C(=O)OC(C)(C)C)C(CCN(C)C)(C(=O)O)C4)nc(N)n2)C(F)(F)F)n1. The van der Waals surface area contributed by atoms with E-state index in [0.717, 1.165) is 0 Å². The number of aliphatic carboxylic acids is 1. The second-order valence-electron chi connectivity index (χ2n) is 14.7. The van der Waals surface area contributed by atoms with Gasteiger partial charge < -0.3 is 30.1 Å². The molecule has 0 bridgehead atoms. The third-order valence-corrected chi connectivity index (χ3v) is 9.53. The Kier molecular flexibility index (Phi) is 10.4. The van der Waals surface area contributed by atoms with E-state index < -0.39 is 40.9 Å². The maximum atomic E-state index is 14.7. The van der Waals surface area contributed by atoms with Gasteiger partial charge in [0.15, 0.2) is 0 Å². The summed E-state index contributed by atoms with van der Waals surface area (Å²) in [5, 5.41) is 15.1. The Balaban J connectivity index is 1.40. The number of aryl methyl sites for hydroxylation is 1. The third-order valence-electron chi connectivity index (χ3n) is 9.30. The predicted molar refractivity (Wildman–Crippen MR) is 184 cm³/mol. The maximum absolute atomic E-state index is 14.7. The van der Waals surface area contributed by atoms with Crippen molar-refractivity contribution < 1.29 is 37.3 Å². The van der Waals surface area contributed by atoms with Crippen molar-refractivity contribution in [1.29, 1.82) is 0 Å². The molecule has 2 fully saturated rings. The molecule has 13 nitrogen and oxygen atoms in total. The Bertz CT molecular complexity index is 1760. The summed E-state index contributed by atoms with van der Waals surface area (Å²) in [6, 6.07) is 6.91. The number of benzene rings is 1. The highest BCUT2D eigenvalue weighted by atomic mass is 35.5. The van der Waals surface area contributed by atoms with Gasteiger partial charge in [0.2, 0.25) is 17.9 Å². The van der Waals surface area contributed by atoms with Crippen LogP contribution < -0.4 is 15.4 Å². The number of nitrogens with two attached hydrogens (primary N) is 1. The van der Waals surface area contributed by atoms with Crippen molar-refractivity contribution in [2.75, 3.05) is 50.9 Å². The molecule has 2 aliphatic heterocycles. The van der Waals surface area contributed by atoms with Gasteiger partial charge in [-0.15, -0.1) is 0 Å². The molecule has 0 aliphatic carbocycles.